The van der Waals surface area contributed by atoms with E-state index in [-0.39, 0.29) is 19.0 Å². The molecule has 2 fully saturated rings. The Balaban J connectivity index is 2.02. The highest BCUT2D eigenvalue weighted by atomic mass is 16.5. The number of carbonyl (C=O) groups is 3. The molecule has 1 spiro atoms. The first kappa shape index (κ1) is 13.4. The molecule has 2 aliphatic heterocycles. The zero-order chi connectivity index (χ0) is 13.9. The minimum Gasteiger partial charge on any atom is -0.381 e. The van der Waals surface area contributed by atoms with Crippen molar-refractivity contribution in [3.63, 3.8) is 0 Å². The van der Waals surface area contributed by atoms with E-state index in [1.54, 1.807) is 0 Å². The van der Waals surface area contributed by atoms with Crippen molar-refractivity contribution in [2.45, 2.75) is 18.4 Å². The van der Waals surface area contributed by atoms with Crippen molar-refractivity contribution in [3.05, 3.63) is 0 Å². The number of imide groups is 1. The summed E-state index contributed by atoms with van der Waals surface area (Å²) in [6.45, 7) is 0.600. The Morgan fingerprint density at radius 2 is 2.16 bits per heavy atom. The Kier molecular flexibility index (Phi) is 3.71. The lowest BCUT2D eigenvalue weighted by molar-refractivity contribution is -0.137. The molecule has 102 valence electrons. The van der Waals surface area contributed by atoms with Gasteiger partial charge < -0.3 is 15.4 Å². The van der Waals surface area contributed by atoms with Gasteiger partial charge in [0.25, 0.3) is 5.91 Å². The van der Waals surface area contributed by atoms with Crippen LogP contribution in [0.1, 0.15) is 12.8 Å². The summed E-state index contributed by atoms with van der Waals surface area (Å²) < 4.78 is 5.19. The van der Waals surface area contributed by atoms with Gasteiger partial charge in [-0.15, -0.1) is 6.42 Å². The minimum absolute atomic E-state index is 0.0709. The molecular formula is C12H15N3O4. The average Bonchev–Trinajstić information content (AvgIpc) is 2.62. The summed E-state index contributed by atoms with van der Waals surface area (Å²) in [4.78, 5) is 36.5. The molecule has 7 nitrogen and oxygen atoms in total. The molecule has 2 rings (SSSR count). The third-order valence-electron chi connectivity index (χ3n) is 3.28. The molecule has 0 bridgehead atoms. The second-order valence-corrected chi connectivity index (χ2v) is 4.50. The molecule has 2 N–H and O–H groups in total. The van der Waals surface area contributed by atoms with Crippen molar-refractivity contribution in [1.29, 1.82) is 0 Å². The van der Waals surface area contributed by atoms with Gasteiger partial charge in [-0.3, -0.25) is 14.5 Å². The Hall–Kier alpha value is -2.07. The summed E-state index contributed by atoms with van der Waals surface area (Å²) in [5.74, 6) is 1.43. The van der Waals surface area contributed by atoms with Crippen LogP contribution >= 0.6 is 0 Å². The summed E-state index contributed by atoms with van der Waals surface area (Å²) in [7, 11) is 0. The van der Waals surface area contributed by atoms with Crippen LogP contribution in [0.3, 0.4) is 0 Å². The standard InChI is InChI=1S/C12H15N3O4/c1-2-5-13-9(16)8-15-10(17)12(14-11(15)18)3-6-19-7-4-12/h1H,3-8H2,(H,13,16)(H,14,18). The smallest absolute Gasteiger partial charge is 0.325 e. The van der Waals surface area contributed by atoms with Crippen LogP contribution in [0.25, 0.3) is 0 Å². The second-order valence-electron chi connectivity index (χ2n) is 4.50. The fourth-order valence-electron chi connectivity index (χ4n) is 2.23. The molecule has 0 unspecified atom stereocenters. The topological polar surface area (TPSA) is 87.7 Å². The molecule has 2 saturated heterocycles. The Bertz CT molecular complexity index is 448. The van der Waals surface area contributed by atoms with E-state index in [1.807, 2.05) is 0 Å². The molecular weight excluding hydrogens is 250 g/mol. The number of nitrogens with zero attached hydrogens (tertiary/aromatic N) is 1. The van der Waals surface area contributed by atoms with E-state index < -0.39 is 17.5 Å². The minimum atomic E-state index is -0.901. The third-order valence-corrected chi connectivity index (χ3v) is 3.28. The van der Waals surface area contributed by atoms with E-state index in [9.17, 15) is 14.4 Å². The summed E-state index contributed by atoms with van der Waals surface area (Å²) in [6, 6.07) is -0.539. The Morgan fingerprint density at radius 1 is 1.47 bits per heavy atom. The van der Waals surface area contributed by atoms with Crippen LogP contribution in [0.4, 0.5) is 4.79 Å². The number of hydrogen-bond acceptors (Lipinski definition) is 4. The number of hydrogen-bond donors (Lipinski definition) is 2. The van der Waals surface area contributed by atoms with Crippen LogP contribution in [0, 0.1) is 12.3 Å². The number of urea groups is 1. The van der Waals surface area contributed by atoms with E-state index in [1.165, 1.54) is 0 Å². The molecule has 4 amide bonds. The van der Waals surface area contributed by atoms with Gasteiger partial charge >= 0.3 is 6.03 Å². The van der Waals surface area contributed by atoms with Gasteiger partial charge in [-0.05, 0) is 0 Å². The zero-order valence-corrected chi connectivity index (χ0v) is 10.4. The van der Waals surface area contributed by atoms with Crippen molar-refractivity contribution < 1.29 is 19.1 Å². The lowest BCUT2D eigenvalue weighted by Crippen LogP contribution is -2.51. The van der Waals surface area contributed by atoms with E-state index in [0.29, 0.717) is 26.1 Å². The number of nitrogens with one attached hydrogen (secondary N) is 2. The quantitative estimate of drug-likeness (QED) is 0.497. The maximum atomic E-state index is 12.3. The molecule has 0 atom stereocenters. The van der Waals surface area contributed by atoms with Crippen LogP contribution in [-0.2, 0) is 14.3 Å². The molecule has 0 aromatic rings. The lowest BCUT2D eigenvalue weighted by atomic mass is 9.90. The van der Waals surface area contributed by atoms with Gasteiger partial charge in [-0.2, -0.15) is 0 Å². The summed E-state index contributed by atoms with van der Waals surface area (Å²) in [5, 5.41) is 5.09. The highest BCUT2D eigenvalue weighted by Gasteiger charge is 2.52. The van der Waals surface area contributed by atoms with Gasteiger partial charge in [0.15, 0.2) is 0 Å². The molecule has 2 aliphatic rings. The summed E-state index contributed by atoms with van der Waals surface area (Å²) in [6.07, 6.45) is 5.87. The molecule has 7 heteroatoms. The number of terminal acetylenes is 1. The van der Waals surface area contributed by atoms with Crippen LogP contribution in [0.2, 0.25) is 0 Å². The Morgan fingerprint density at radius 3 is 2.79 bits per heavy atom. The molecule has 19 heavy (non-hydrogen) atoms. The highest BCUT2D eigenvalue weighted by molar-refractivity contribution is 6.09. The predicted octanol–water partition coefficient (Wildman–Crippen LogP) is -1.16. The SMILES string of the molecule is C#CCNC(=O)CN1C(=O)NC2(CCOCC2)C1=O. The van der Waals surface area contributed by atoms with Crippen LogP contribution in [0.15, 0.2) is 0 Å². The number of carbonyl (C=O) groups excluding carboxylic acids is 3. The normalized spacial score (nSPS) is 21.1. The first-order valence-electron chi connectivity index (χ1n) is 6.01. The van der Waals surface area contributed by atoms with Gasteiger partial charge in [0, 0.05) is 26.1 Å². The van der Waals surface area contributed by atoms with Gasteiger partial charge in [0.05, 0.1) is 6.54 Å². The van der Waals surface area contributed by atoms with Crippen molar-refractivity contribution in [2.24, 2.45) is 0 Å². The molecule has 0 aromatic carbocycles. The predicted molar refractivity (Wildman–Crippen MR) is 64.9 cm³/mol. The number of ether oxygens (including phenoxy) is 1. The van der Waals surface area contributed by atoms with E-state index in [2.05, 4.69) is 16.6 Å². The van der Waals surface area contributed by atoms with Gasteiger partial charge in [0.1, 0.15) is 12.1 Å². The highest BCUT2D eigenvalue weighted by Crippen LogP contribution is 2.28. The maximum absolute atomic E-state index is 12.3. The van der Waals surface area contributed by atoms with E-state index in [4.69, 9.17) is 11.2 Å². The van der Waals surface area contributed by atoms with Crippen LogP contribution in [-0.4, -0.2) is 54.6 Å². The third kappa shape index (κ3) is 2.53. The lowest BCUT2D eigenvalue weighted by Gasteiger charge is -2.30. The molecule has 0 saturated carbocycles. The first-order valence-corrected chi connectivity index (χ1v) is 6.01. The molecule has 0 aromatic heterocycles. The van der Waals surface area contributed by atoms with Crippen molar-refractivity contribution in [2.75, 3.05) is 26.3 Å². The number of amides is 4. The van der Waals surface area contributed by atoms with E-state index in [0.717, 1.165) is 4.90 Å². The monoisotopic (exact) mass is 265 g/mol. The maximum Gasteiger partial charge on any atom is 0.325 e. The summed E-state index contributed by atoms with van der Waals surface area (Å²) in [5.41, 5.74) is -0.901. The van der Waals surface area contributed by atoms with Crippen molar-refractivity contribution in [3.8, 4) is 12.3 Å². The van der Waals surface area contributed by atoms with Crippen molar-refractivity contribution in [1.82, 2.24) is 15.5 Å². The Labute approximate surface area is 110 Å². The second kappa shape index (κ2) is 5.28. The summed E-state index contributed by atoms with van der Waals surface area (Å²) >= 11 is 0. The van der Waals surface area contributed by atoms with Gasteiger partial charge in [-0.1, -0.05) is 5.92 Å². The first-order chi connectivity index (χ1) is 9.09. The van der Waals surface area contributed by atoms with Crippen LogP contribution in [0.5, 0.6) is 0 Å². The molecule has 0 aliphatic carbocycles. The molecule has 2 heterocycles. The van der Waals surface area contributed by atoms with Gasteiger partial charge in [0.2, 0.25) is 5.91 Å². The van der Waals surface area contributed by atoms with Crippen molar-refractivity contribution >= 4 is 17.8 Å². The fourth-order valence-corrected chi connectivity index (χ4v) is 2.23. The fraction of sp³-hybridized carbons (Fsp3) is 0.583. The molecule has 0 radical (unpaired) electrons. The zero-order valence-electron chi connectivity index (χ0n) is 10.4. The number of rotatable bonds is 3. The largest absolute Gasteiger partial charge is 0.381 e. The van der Waals surface area contributed by atoms with Crippen LogP contribution < -0.4 is 10.6 Å². The average molecular weight is 265 g/mol. The van der Waals surface area contributed by atoms with E-state index >= 15 is 0 Å². The van der Waals surface area contributed by atoms with Gasteiger partial charge in [-0.25, -0.2) is 4.79 Å².